The van der Waals surface area contributed by atoms with E-state index in [1.807, 2.05) is 18.2 Å². The maximum atomic E-state index is 13.0. The van der Waals surface area contributed by atoms with E-state index in [9.17, 15) is 9.90 Å². The molecule has 5 heteroatoms. The Kier molecular flexibility index (Phi) is 3.65. The number of carbonyl (C=O) groups excluding carboxylic acids is 1. The van der Waals surface area contributed by atoms with Crippen LogP contribution in [0.25, 0.3) is 0 Å². The van der Waals surface area contributed by atoms with E-state index in [2.05, 4.69) is 23.2 Å². The summed E-state index contributed by atoms with van der Waals surface area (Å²) in [6.07, 6.45) is 5.70. The highest BCUT2D eigenvalue weighted by atomic mass is 35.5. The lowest BCUT2D eigenvalue weighted by Crippen LogP contribution is -2.63. The van der Waals surface area contributed by atoms with Gasteiger partial charge in [-0.15, -0.1) is 0 Å². The first-order chi connectivity index (χ1) is 12.5. The summed E-state index contributed by atoms with van der Waals surface area (Å²) >= 11 is 6.54. The molecule has 4 saturated carbocycles. The molecule has 140 valence electrons. The number of amides is 2. The number of nitrogens with one attached hydrogen (secondary N) is 1. The monoisotopic (exact) mass is 374 g/mol. The molecular weight excluding hydrogens is 348 g/mol. The van der Waals surface area contributed by atoms with Crippen LogP contribution in [0, 0.1) is 23.2 Å². The second-order valence-electron chi connectivity index (χ2n) is 9.40. The van der Waals surface area contributed by atoms with E-state index in [4.69, 9.17) is 11.6 Å². The number of hydrogen-bond acceptors (Lipinski definition) is 2. The summed E-state index contributed by atoms with van der Waals surface area (Å²) in [4.78, 5) is 15.1. The van der Waals surface area contributed by atoms with Crippen molar-refractivity contribution >= 4 is 17.6 Å². The summed E-state index contributed by atoms with van der Waals surface area (Å²) in [6, 6.07) is 8.22. The molecule has 5 aliphatic rings. The maximum absolute atomic E-state index is 13.0. The number of urea groups is 1. The van der Waals surface area contributed by atoms with Gasteiger partial charge in [-0.2, -0.15) is 0 Å². The molecule has 1 aromatic carbocycles. The Morgan fingerprint density at radius 2 is 1.92 bits per heavy atom. The van der Waals surface area contributed by atoms with E-state index in [-0.39, 0.29) is 17.5 Å². The van der Waals surface area contributed by atoms with Gasteiger partial charge in [-0.1, -0.05) is 29.8 Å². The Bertz CT molecular complexity index is 737. The number of carbonyl (C=O) groups is 1. The van der Waals surface area contributed by atoms with Crippen molar-refractivity contribution in [1.82, 2.24) is 10.2 Å². The van der Waals surface area contributed by atoms with Crippen LogP contribution in [0.5, 0.6) is 0 Å². The lowest BCUT2D eigenvalue weighted by atomic mass is 9.47. The predicted molar refractivity (Wildman–Crippen MR) is 101 cm³/mol. The molecule has 1 saturated heterocycles. The predicted octanol–water partition coefficient (Wildman–Crippen LogP) is 3.77. The molecule has 3 unspecified atom stereocenters. The summed E-state index contributed by atoms with van der Waals surface area (Å²) < 4.78 is 0. The summed E-state index contributed by atoms with van der Waals surface area (Å²) in [7, 11) is 0. The second kappa shape index (κ2) is 5.62. The first-order valence-electron chi connectivity index (χ1n) is 9.89. The minimum Gasteiger partial charge on any atom is -0.396 e. The lowest BCUT2D eigenvalue weighted by Gasteiger charge is -2.62. The molecule has 2 amide bonds. The van der Waals surface area contributed by atoms with Crippen LogP contribution in [0.1, 0.15) is 44.6 Å². The van der Waals surface area contributed by atoms with Gasteiger partial charge < -0.3 is 15.3 Å². The number of halogens is 1. The van der Waals surface area contributed by atoms with Crippen molar-refractivity contribution in [3.8, 4) is 0 Å². The van der Waals surface area contributed by atoms with Crippen molar-refractivity contribution in [1.29, 1.82) is 0 Å². The molecule has 3 atom stereocenters. The quantitative estimate of drug-likeness (QED) is 0.846. The van der Waals surface area contributed by atoms with E-state index < -0.39 is 5.54 Å². The average molecular weight is 375 g/mol. The van der Waals surface area contributed by atoms with Gasteiger partial charge in [0.15, 0.2) is 0 Å². The largest absolute Gasteiger partial charge is 0.396 e. The molecule has 1 aliphatic heterocycles. The van der Waals surface area contributed by atoms with Gasteiger partial charge in [-0.05, 0) is 73.8 Å². The van der Waals surface area contributed by atoms with Gasteiger partial charge in [0.05, 0.1) is 5.54 Å². The minimum absolute atomic E-state index is 0.0444. The summed E-state index contributed by atoms with van der Waals surface area (Å²) in [5.41, 5.74) is 0.733. The zero-order valence-electron chi connectivity index (χ0n) is 15.2. The van der Waals surface area contributed by atoms with E-state index in [0.717, 1.165) is 29.3 Å². The van der Waals surface area contributed by atoms with Gasteiger partial charge in [-0.25, -0.2) is 4.79 Å². The van der Waals surface area contributed by atoms with Gasteiger partial charge >= 0.3 is 6.03 Å². The van der Waals surface area contributed by atoms with E-state index in [1.54, 1.807) is 0 Å². The fraction of sp³-hybridized carbons (Fsp3) is 0.667. The van der Waals surface area contributed by atoms with Crippen LogP contribution < -0.4 is 5.32 Å². The highest BCUT2D eigenvalue weighted by Gasteiger charge is 2.60. The van der Waals surface area contributed by atoms with E-state index in [0.29, 0.717) is 25.0 Å². The summed E-state index contributed by atoms with van der Waals surface area (Å²) in [6.45, 7) is 3.05. The minimum atomic E-state index is -0.415. The number of aliphatic hydroxyl groups excluding tert-OH is 1. The van der Waals surface area contributed by atoms with Crippen molar-refractivity contribution in [2.45, 2.75) is 50.6 Å². The number of hydrogen-bond donors (Lipinski definition) is 2. The summed E-state index contributed by atoms with van der Waals surface area (Å²) in [5, 5.41) is 13.9. The fourth-order valence-electron chi connectivity index (χ4n) is 7.01. The number of nitrogens with zero attached hydrogens (tertiary/aromatic N) is 1. The third-order valence-electron chi connectivity index (χ3n) is 7.77. The van der Waals surface area contributed by atoms with Crippen LogP contribution in [0.2, 0.25) is 5.02 Å². The molecule has 5 fully saturated rings. The van der Waals surface area contributed by atoms with Crippen molar-refractivity contribution in [2.75, 3.05) is 13.2 Å². The first kappa shape index (κ1) is 16.9. The van der Waals surface area contributed by atoms with Crippen LogP contribution in [-0.4, -0.2) is 35.2 Å². The zero-order valence-corrected chi connectivity index (χ0v) is 16.0. The van der Waals surface area contributed by atoms with Gasteiger partial charge in [0, 0.05) is 24.2 Å². The highest BCUT2D eigenvalue weighted by Crippen LogP contribution is 2.62. The second-order valence-corrected chi connectivity index (χ2v) is 9.81. The van der Waals surface area contributed by atoms with Crippen molar-refractivity contribution < 1.29 is 9.90 Å². The molecule has 1 heterocycles. The molecule has 4 aliphatic carbocycles. The van der Waals surface area contributed by atoms with Crippen molar-refractivity contribution in [2.24, 2.45) is 23.2 Å². The first-order valence-corrected chi connectivity index (χ1v) is 10.3. The Balaban J connectivity index is 1.55. The molecule has 1 aromatic rings. The molecule has 0 radical (unpaired) electrons. The van der Waals surface area contributed by atoms with Crippen molar-refractivity contribution in [3.63, 3.8) is 0 Å². The van der Waals surface area contributed by atoms with Crippen molar-refractivity contribution in [3.05, 3.63) is 34.9 Å². The third-order valence-corrected chi connectivity index (χ3v) is 8.10. The smallest absolute Gasteiger partial charge is 0.318 e. The standard InChI is InChI=1S/C21H27ClN2O2/c1-20(16-4-2-3-5-17(16)22)11-23-19(26)24(20)18-14-6-13-7-15(18)10-21(8-13,9-14)12-25/h2-5,13-15,18,25H,6-12H2,1H3,(H,23,26). The molecule has 4 bridgehead atoms. The Morgan fingerprint density at radius 1 is 1.23 bits per heavy atom. The molecule has 6 rings (SSSR count). The Hall–Kier alpha value is -1.26. The molecule has 0 spiro atoms. The van der Waals surface area contributed by atoms with Gasteiger partial charge in [0.1, 0.15) is 0 Å². The zero-order chi connectivity index (χ0) is 18.1. The van der Waals surface area contributed by atoms with Crippen LogP contribution in [0.3, 0.4) is 0 Å². The third kappa shape index (κ3) is 2.21. The Labute approximate surface area is 159 Å². The number of benzene rings is 1. The van der Waals surface area contributed by atoms with E-state index in [1.165, 1.54) is 19.3 Å². The molecule has 4 nitrogen and oxygen atoms in total. The number of rotatable bonds is 3. The molecule has 2 N–H and O–H groups in total. The number of aliphatic hydroxyl groups is 1. The SMILES string of the molecule is CC1(c2ccccc2Cl)CNC(=O)N1C1C2CC3CC1CC(CO)(C3)C2. The van der Waals surface area contributed by atoms with Gasteiger partial charge in [0.25, 0.3) is 0 Å². The lowest BCUT2D eigenvalue weighted by molar-refractivity contribution is -0.130. The molecule has 0 aromatic heterocycles. The molecular formula is C21H27ClN2O2. The molecule has 26 heavy (non-hydrogen) atoms. The van der Waals surface area contributed by atoms with Crippen LogP contribution in [-0.2, 0) is 5.54 Å². The maximum Gasteiger partial charge on any atom is 0.318 e. The fourth-order valence-corrected chi connectivity index (χ4v) is 7.35. The normalized spacial score (nSPS) is 43.8. The Morgan fingerprint density at radius 3 is 2.58 bits per heavy atom. The van der Waals surface area contributed by atoms with Crippen LogP contribution in [0.4, 0.5) is 4.79 Å². The van der Waals surface area contributed by atoms with Crippen LogP contribution >= 0.6 is 11.6 Å². The van der Waals surface area contributed by atoms with Crippen LogP contribution in [0.15, 0.2) is 24.3 Å². The van der Waals surface area contributed by atoms with Gasteiger partial charge in [-0.3, -0.25) is 0 Å². The topological polar surface area (TPSA) is 52.6 Å². The highest BCUT2D eigenvalue weighted by molar-refractivity contribution is 6.31. The van der Waals surface area contributed by atoms with Gasteiger partial charge in [0.2, 0.25) is 0 Å². The average Bonchev–Trinajstić information content (AvgIpc) is 2.91. The van der Waals surface area contributed by atoms with E-state index >= 15 is 0 Å². The summed E-state index contributed by atoms with van der Waals surface area (Å²) in [5.74, 6) is 1.73.